The van der Waals surface area contributed by atoms with Gasteiger partial charge >= 0.3 is 20.6 Å². The quantitative estimate of drug-likeness (QED) is 0.546. The summed E-state index contributed by atoms with van der Waals surface area (Å²) in [5, 5.41) is 0. The van der Waals surface area contributed by atoms with Crippen LogP contribution in [0.15, 0.2) is 0 Å². The Balaban J connectivity index is 3.82. The van der Waals surface area contributed by atoms with Gasteiger partial charge in [0.05, 0.1) is 0 Å². The first kappa shape index (κ1) is 10.7. The highest BCUT2D eigenvalue weighted by molar-refractivity contribution is 7.32. The van der Waals surface area contributed by atoms with Crippen molar-refractivity contribution in [3.63, 3.8) is 0 Å². The number of rotatable bonds is 4. The number of hydrogen-bond acceptors (Lipinski definition) is 2. The molecule has 1 unspecified atom stereocenters. The van der Waals surface area contributed by atoms with Crippen LogP contribution >= 0.6 is 8.25 Å². The van der Waals surface area contributed by atoms with Crippen molar-refractivity contribution in [3.05, 3.63) is 0 Å². The van der Waals surface area contributed by atoms with Crippen LogP contribution in [0, 0.1) is 0 Å². The molecule has 0 amide bonds. The molecule has 0 saturated carbocycles. The van der Waals surface area contributed by atoms with Crippen molar-refractivity contribution in [1.82, 2.24) is 0 Å². The zero-order valence-electron chi connectivity index (χ0n) is 5.01. The van der Waals surface area contributed by atoms with Crippen molar-refractivity contribution < 1.29 is 31.5 Å². The lowest BCUT2D eigenvalue weighted by Crippen LogP contribution is -2.31. The maximum Gasteiger partial charge on any atom is 0.694 e. The fourth-order valence-electron chi connectivity index (χ4n) is 0.204. The highest BCUT2D eigenvalue weighted by atomic mass is 31.1. The Bertz CT molecular complexity index is 150. The van der Waals surface area contributed by atoms with Crippen LogP contribution in [0.1, 0.15) is 0 Å². The van der Waals surface area contributed by atoms with E-state index in [4.69, 9.17) is 4.89 Å². The summed E-state index contributed by atoms with van der Waals surface area (Å²) in [6.45, 7) is -1.75. The third kappa shape index (κ3) is 4.23. The molecule has 66 valence electrons. The van der Waals surface area contributed by atoms with Crippen molar-refractivity contribution in [2.75, 3.05) is 6.61 Å². The number of hydrogen-bond donors (Lipinski definition) is 1. The summed E-state index contributed by atoms with van der Waals surface area (Å²) < 4.78 is 59.1. The Morgan fingerprint density at radius 2 is 2.00 bits per heavy atom. The van der Waals surface area contributed by atoms with Gasteiger partial charge in [-0.1, -0.05) is 0 Å². The molecule has 0 spiro atoms. The zero-order chi connectivity index (χ0) is 9.07. The second-order valence-electron chi connectivity index (χ2n) is 1.57. The molecule has 11 heavy (non-hydrogen) atoms. The highest BCUT2D eigenvalue weighted by Crippen LogP contribution is 2.27. The molecule has 0 bridgehead atoms. The smallest absolute Gasteiger partial charge is 0.203 e. The summed E-state index contributed by atoms with van der Waals surface area (Å²) in [5.74, 6) is -4.37. The molecule has 0 aliphatic heterocycles. The number of halogens is 4. The Kier molecular flexibility index (Phi) is 3.85. The van der Waals surface area contributed by atoms with Crippen molar-refractivity contribution in [2.45, 2.75) is 12.3 Å². The lowest BCUT2D eigenvalue weighted by molar-refractivity contribution is -0.148. The highest BCUT2D eigenvalue weighted by Gasteiger charge is 2.44. The van der Waals surface area contributed by atoms with Crippen molar-refractivity contribution in [1.29, 1.82) is 0 Å². The van der Waals surface area contributed by atoms with Gasteiger partial charge in [0.2, 0.25) is 0 Å². The van der Waals surface area contributed by atoms with Gasteiger partial charge in [-0.05, 0) is 0 Å². The molecule has 0 saturated heterocycles. The van der Waals surface area contributed by atoms with Gasteiger partial charge in [0, 0.05) is 4.57 Å². The predicted octanol–water partition coefficient (Wildman–Crippen LogP) is 1.55. The second-order valence-corrected chi connectivity index (χ2v) is 2.31. The molecule has 1 N–H and O–H groups in total. The first-order valence-corrected chi connectivity index (χ1v) is 3.44. The van der Waals surface area contributed by atoms with Crippen LogP contribution in [0.5, 0.6) is 0 Å². The predicted molar refractivity (Wildman–Crippen MR) is 26.7 cm³/mol. The maximum absolute atomic E-state index is 11.8. The Labute approximate surface area is 59.9 Å². The van der Waals surface area contributed by atoms with Gasteiger partial charge in [0.1, 0.15) is 0 Å². The largest absolute Gasteiger partial charge is 0.694 e. The van der Waals surface area contributed by atoms with E-state index in [0.717, 1.165) is 0 Å². The van der Waals surface area contributed by atoms with Crippen LogP contribution in [0.4, 0.5) is 17.6 Å². The fraction of sp³-hybridized carbons (Fsp3) is 1.00. The molecule has 1 atom stereocenters. The molecule has 0 aliphatic rings. The molecular formula is C3H4F4O3P+. The minimum atomic E-state index is -4.37. The van der Waals surface area contributed by atoms with E-state index in [1.165, 1.54) is 0 Å². The molecule has 0 aliphatic carbocycles. The lowest BCUT2D eigenvalue weighted by Gasteiger charge is -2.09. The van der Waals surface area contributed by atoms with E-state index in [0.29, 0.717) is 0 Å². The molecule has 0 aromatic carbocycles. The Hall–Kier alpha value is -0.260. The molecular weight excluding hydrogens is 191 g/mol. The summed E-state index contributed by atoms with van der Waals surface area (Å²) >= 11 is 0. The van der Waals surface area contributed by atoms with Crippen LogP contribution in [0.25, 0.3) is 0 Å². The first-order valence-electron chi connectivity index (χ1n) is 2.31. The average molecular weight is 195 g/mol. The standard InChI is InChI=1S/C3H3F4O3P/c4-2(5)3(6,7)1-10-11(8)9/h2H,1H2/p+1. The van der Waals surface area contributed by atoms with Crippen LogP contribution < -0.4 is 0 Å². The fourth-order valence-corrected chi connectivity index (χ4v) is 0.487. The van der Waals surface area contributed by atoms with E-state index in [9.17, 15) is 22.1 Å². The van der Waals surface area contributed by atoms with Crippen molar-refractivity contribution in [2.24, 2.45) is 0 Å². The molecule has 0 radical (unpaired) electrons. The van der Waals surface area contributed by atoms with E-state index in [1.807, 2.05) is 0 Å². The molecule has 0 aromatic heterocycles. The monoisotopic (exact) mass is 195 g/mol. The summed E-state index contributed by atoms with van der Waals surface area (Å²) in [6.07, 6.45) is -3.89. The molecule has 0 fully saturated rings. The normalized spacial score (nSPS) is 13.8. The van der Waals surface area contributed by atoms with Gasteiger partial charge in [-0.2, -0.15) is 8.78 Å². The first-order chi connectivity index (χ1) is 4.86. The SMILES string of the molecule is O=[P+](O)OCC(F)(F)C(F)F. The second kappa shape index (κ2) is 3.94. The van der Waals surface area contributed by atoms with E-state index < -0.39 is 27.2 Å². The van der Waals surface area contributed by atoms with Crippen molar-refractivity contribution >= 4 is 8.25 Å². The minimum absolute atomic E-state index is 1.75. The molecule has 0 heterocycles. The topological polar surface area (TPSA) is 46.5 Å². The van der Waals surface area contributed by atoms with Gasteiger partial charge in [0.15, 0.2) is 6.61 Å². The van der Waals surface area contributed by atoms with Gasteiger partial charge in [-0.25, -0.2) is 8.78 Å². The average Bonchev–Trinajstić information content (AvgIpc) is 1.84. The Morgan fingerprint density at radius 1 is 1.55 bits per heavy atom. The van der Waals surface area contributed by atoms with Crippen LogP contribution in [0.2, 0.25) is 0 Å². The molecule has 3 nitrogen and oxygen atoms in total. The van der Waals surface area contributed by atoms with E-state index in [2.05, 4.69) is 4.52 Å². The van der Waals surface area contributed by atoms with Gasteiger partial charge in [-0.3, -0.25) is 0 Å². The minimum Gasteiger partial charge on any atom is -0.203 e. The van der Waals surface area contributed by atoms with Crippen LogP contribution in [0.3, 0.4) is 0 Å². The van der Waals surface area contributed by atoms with E-state index >= 15 is 0 Å². The number of alkyl halides is 4. The Morgan fingerprint density at radius 3 is 2.27 bits per heavy atom. The zero-order valence-corrected chi connectivity index (χ0v) is 5.90. The maximum atomic E-state index is 11.8. The van der Waals surface area contributed by atoms with Crippen LogP contribution in [-0.2, 0) is 9.09 Å². The van der Waals surface area contributed by atoms with Gasteiger partial charge in [-0.15, -0.1) is 9.42 Å². The summed E-state index contributed by atoms with van der Waals surface area (Å²) in [6, 6.07) is 0. The summed E-state index contributed by atoms with van der Waals surface area (Å²) in [5.41, 5.74) is 0. The lowest BCUT2D eigenvalue weighted by atomic mass is 10.4. The summed E-state index contributed by atoms with van der Waals surface area (Å²) in [4.78, 5) is 7.81. The third-order valence-electron chi connectivity index (χ3n) is 0.687. The van der Waals surface area contributed by atoms with Gasteiger partial charge < -0.3 is 0 Å². The van der Waals surface area contributed by atoms with E-state index in [1.54, 1.807) is 0 Å². The molecule has 0 aromatic rings. The van der Waals surface area contributed by atoms with E-state index in [-0.39, 0.29) is 0 Å². The van der Waals surface area contributed by atoms with Gasteiger partial charge in [0.25, 0.3) is 0 Å². The molecule has 8 heteroatoms. The third-order valence-corrected chi connectivity index (χ3v) is 1.04. The van der Waals surface area contributed by atoms with Crippen LogP contribution in [-0.4, -0.2) is 23.8 Å². The van der Waals surface area contributed by atoms with Crippen molar-refractivity contribution in [3.8, 4) is 0 Å². The molecule has 0 rings (SSSR count). The summed E-state index contributed by atoms with van der Waals surface area (Å²) in [7, 11) is -3.25.